The molecule has 2 fully saturated rings. The molecule has 3 rings (SSSR count). The van der Waals surface area contributed by atoms with E-state index in [1.807, 2.05) is 0 Å². The minimum atomic E-state index is 0.521. The number of aromatic nitrogens is 2. The third-order valence-corrected chi connectivity index (χ3v) is 3.99. The van der Waals surface area contributed by atoms with Gasteiger partial charge in [0.05, 0.1) is 0 Å². The molecule has 1 atom stereocenters. The Kier molecular flexibility index (Phi) is 2.97. The molecule has 17 heavy (non-hydrogen) atoms. The van der Waals surface area contributed by atoms with E-state index in [1.165, 1.54) is 25.0 Å². The summed E-state index contributed by atoms with van der Waals surface area (Å²) < 4.78 is 0. The molecule has 1 N–H and O–H groups in total. The van der Waals surface area contributed by atoms with Crippen molar-refractivity contribution in [3.8, 4) is 0 Å². The molecule has 1 aliphatic carbocycles. The number of nitrogens with zero attached hydrogens (tertiary/aromatic N) is 3. The van der Waals surface area contributed by atoms with Crippen LogP contribution >= 0.6 is 0 Å². The average Bonchev–Trinajstić information content (AvgIpc) is 2.28. The van der Waals surface area contributed by atoms with Crippen LogP contribution in [0.3, 0.4) is 0 Å². The Balaban J connectivity index is 1.81. The lowest BCUT2D eigenvalue weighted by Gasteiger charge is -2.35. The Morgan fingerprint density at radius 1 is 1.35 bits per heavy atom. The average molecular weight is 232 g/mol. The first kappa shape index (κ1) is 11.0. The predicted octanol–water partition coefficient (Wildman–Crippen LogP) is 1.54. The Morgan fingerprint density at radius 3 is 2.94 bits per heavy atom. The molecule has 1 aromatic rings. The first-order valence-electron chi connectivity index (χ1n) is 6.64. The van der Waals surface area contributed by atoms with Crippen LogP contribution in [0.15, 0.2) is 12.4 Å². The van der Waals surface area contributed by atoms with Gasteiger partial charge >= 0.3 is 0 Å². The molecule has 4 heteroatoms. The van der Waals surface area contributed by atoms with E-state index in [-0.39, 0.29) is 0 Å². The molecular weight excluding hydrogens is 212 g/mol. The molecule has 0 amide bonds. The summed E-state index contributed by atoms with van der Waals surface area (Å²) in [5, 5.41) is 3.41. The zero-order valence-electron chi connectivity index (χ0n) is 10.4. The van der Waals surface area contributed by atoms with Gasteiger partial charge < -0.3 is 10.2 Å². The SMILES string of the molecule is C[C@H]1CNCCN1c1cc(C2CCC2)ncn1. The number of nitrogens with one attached hydrogen (secondary N) is 1. The van der Waals surface area contributed by atoms with E-state index in [1.54, 1.807) is 6.33 Å². The first-order chi connectivity index (χ1) is 8.34. The molecule has 92 valence electrons. The lowest BCUT2D eigenvalue weighted by Crippen LogP contribution is -2.50. The Bertz CT molecular complexity index is 389. The summed E-state index contributed by atoms with van der Waals surface area (Å²) in [7, 11) is 0. The Labute approximate surface area is 102 Å². The van der Waals surface area contributed by atoms with Crippen LogP contribution in [0, 0.1) is 0 Å². The van der Waals surface area contributed by atoms with E-state index in [4.69, 9.17) is 0 Å². The van der Waals surface area contributed by atoms with Crippen molar-refractivity contribution in [1.82, 2.24) is 15.3 Å². The quantitative estimate of drug-likeness (QED) is 0.840. The molecule has 2 heterocycles. The van der Waals surface area contributed by atoms with Crippen molar-refractivity contribution in [3.05, 3.63) is 18.1 Å². The first-order valence-corrected chi connectivity index (χ1v) is 6.64. The minimum absolute atomic E-state index is 0.521. The van der Waals surface area contributed by atoms with Gasteiger partial charge in [-0.1, -0.05) is 6.42 Å². The highest BCUT2D eigenvalue weighted by molar-refractivity contribution is 5.41. The molecular formula is C13H20N4. The van der Waals surface area contributed by atoms with E-state index >= 15 is 0 Å². The third kappa shape index (κ3) is 2.14. The van der Waals surface area contributed by atoms with Crippen LogP contribution in [0.2, 0.25) is 0 Å². The highest BCUT2D eigenvalue weighted by atomic mass is 15.3. The number of rotatable bonds is 2. The topological polar surface area (TPSA) is 41.0 Å². The van der Waals surface area contributed by atoms with Gasteiger partial charge in [-0.05, 0) is 19.8 Å². The number of piperazine rings is 1. The second-order valence-corrected chi connectivity index (χ2v) is 5.18. The molecule has 1 aliphatic heterocycles. The fourth-order valence-electron chi connectivity index (χ4n) is 2.63. The maximum Gasteiger partial charge on any atom is 0.132 e. The van der Waals surface area contributed by atoms with E-state index in [0.717, 1.165) is 25.5 Å². The zero-order chi connectivity index (χ0) is 11.7. The van der Waals surface area contributed by atoms with Crippen molar-refractivity contribution in [3.63, 3.8) is 0 Å². The summed E-state index contributed by atoms with van der Waals surface area (Å²) in [6.07, 6.45) is 5.69. The monoisotopic (exact) mass is 232 g/mol. The van der Waals surface area contributed by atoms with Gasteiger partial charge in [0.2, 0.25) is 0 Å². The van der Waals surface area contributed by atoms with E-state index in [9.17, 15) is 0 Å². The maximum atomic E-state index is 4.44. The molecule has 0 spiro atoms. The fourth-order valence-corrected chi connectivity index (χ4v) is 2.63. The van der Waals surface area contributed by atoms with Crippen LogP contribution < -0.4 is 10.2 Å². The van der Waals surface area contributed by atoms with Gasteiger partial charge in [-0.25, -0.2) is 9.97 Å². The maximum absolute atomic E-state index is 4.44. The van der Waals surface area contributed by atoms with Crippen molar-refractivity contribution in [2.45, 2.75) is 38.1 Å². The molecule has 0 radical (unpaired) electrons. The smallest absolute Gasteiger partial charge is 0.132 e. The normalized spacial score (nSPS) is 25.7. The van der Waals surface area contributed by atoms with Crippen molar-refractivity contribution in [2.75, 3.05) is 24.5 Å². The zero-order valence-corrected chi connectivity index (χ0v) is 10.4. The molecule has 1 saturated carbocycles. The lowest BCUT2D eigenvalue weighted by atomic mass is 9.83. The minimum Gasteiger partial charge on any atom is -0.351 e. The van der Waals surface area contributed by atoms with Gasteiger partial charge in [-0.2, -0.15) is 0 Å². The van der Waals surface area contributed by atoms with Crippen LogP contribution in [0.1, 0.15) is 37.8 Å². The van der Waals surface area contributed by atoms with Crippen LogP contribution in [-0.2, 0) is 0 Å². The molecule has 1 saturated heterocycles. The predicted molar refractivity (Wildman–Crippen MR) is 68.3 cm³/mol. The van der Waals surface area contributed by atoms with Crippen LogP contribution in [0.5, 0.6) is 0 Å². The second kappa shape index (κ2) is 4.61. The molecule has 0 aromatic carbocycles. The summed E-state index contributed by atoms with van der Waals surface area (Å²) in [6.45, 7) is 5.38. The fraction of sp³-hybridized carbons (Fsp3) is 0.692. The van der Waals surface area contributed by atoms with Crippen molar-refractivity contribution >= 4 is 5.82 Å². The summed E-state index contributed by atoms with van der Waals surface area (Å²) in [5.41, 5.74) is 1.24. The van der Waals surface area contributed by atoms with Crippen LogP contribution in [0.25, 0.3) is 0 Å². The van der Waals surface area contributed by atoms with Gasteiger partial charge in [0.25, 0.3) is 0 Å². The summed E-state index contributed by atoms with van der Waals surface area (Å²) in [4.78, 5) is 11.3. The highest BCUT2D eigenvalue weighted by Gasteiger charge is 2.24. The summed E-state index contributed by atoms with van der Waals surface area (Å²) >= 11 is 0. The molecule has 1 aromatic heterocycles. The Morgan fingerprint density at radius 2 is 2.24 bits per heavy atom. The second-order valence-electron chi connectivity index (χ2n) is 5.18. The van der Waals surface area contributed by atoms with Crippen molar-refractivity contribution < 1.29 is 0 Å². The van der Waals surface area contributed by atoms with Gasteiger partial charge in [-0.15, -0.1) is 0 Å². The highest BCUT2D eigenvalue weighted by Crippen LogP contribution is 2.35. The van der Waals surface area contributed by atoms with Crippen molar-refractivity contribution in [2.24, 2.45) is 0 Å². The molecule has 0 unspecified atom stereocenters. The van der Waals surface area contributed by atoms with Crippen molar-refractivity contribution in [1.29, 1.82) is 0 Å². The van der Waals surface area contributed by atoms with Gasteiger partial charge in [0, 0.05) is 43.4 Å². The number of hydrogen-bond acceptors (Lipinski definition) is 4. The standard InChI is InChI=1S/C13H20N4/c1-10-8-14-5-6-17(10)13-7-12(15-9-16-13)11-3-2-4-11/h7,9-11,14H,2-6,8H2,1H3/t10-/m0/s1. The molecule has 4 nitrogen and oxygen atoms in total. The third-order valence-electron chi connectivity index (χ3n) is 3.99. The summed E-state index contributed by atoms with van der Waals surface area (Å²) in [6, 6.07) is 2.72. The molecule has 0 bridgehead atoms. The van der Waals surface area contributed by atoms with Gasteiger partial charge in [0.1, 0.15) is 12.1 Å². The number of anilines is 1. The molecule has 2 aliphatic rings. The van der Waals surface area contributed by atoms with Crippen LogP contribution in [-0.4, -0.2) is 35.6 Å². The summed E-state index contributed by atoms with van der Waals surface area (Å²) in [5.74, 6) is 1.80. The van der Waals surface area contributed by atoms with E-state index in [0.29, 0.717) is 12.0 Å². The van der Waals surface area contributed by atoms with Gasteiger partial charge in [-0.3, -0.25) is 0 Å². The Hall–Kier alpha value is -1.16. The van der Waals surface area contributed by atoms with Gasteiger partial charge in [0.15, 0.2) is 0 Å². The largest absolute Gasteiger partial charge is 0.351 e. The van der Waals surface area contributed by atoms with E-state index in [2.05, 4.69) is 33.2 Å². The number of hydrogen-bond donors (Lipinski definition) is 1. The van der Waals surface area contributed by atoms with Crippen LogP contribution in [0.4, 0.5) is 5.82 Å². The van der Waals surface area contributed by atoms with E-state index < -0.39 is 0 Å². The lowest BCUT2D eigenvalue weighted by molar-refractivity contribution is 0.410.